The summed E-state index contributed by atoms with van der Waals surface area (Å²) in [5.74, 6) is 0. The van der Waals surface area contributed by atoms with E-state index in [1.807, 2.05) is 93.6 Å². The summed E-state index contributed by atoms with van der Waals surface area (Å²) in [6.45, 7) is 5.60. The Morgan fingerprint density at radius 2 is 1.21 bits per heavy atom. The van der Waals surface area contributed by atoms with E-state index in [-0.39, 0.29) is 0 Å². The molecule has 0 spiro atoms. The van der Waals surface area contributed by atoms with Gasteiger partial charge in [-0.15, -0.1) is 0 Å². The zero-order chi connectivity index (χ0) is 21.0. The minimum absolute atomic E-state index is 0.311. The highest BCUT2D eigenvalue weighted by atomic mass is 35.5. The Kier molecular flexibility index (Phi) is 6.75. The molecule has 0 heterocycles. The summed E-state index contributed by atoms with van der Waals surface area (Å²) >= 11 is 6.12. The van der Waals surface area contributed by atoms with Crippen LogP contribution in [0.3, 0.4) is 0 Å². The Morgan fingerprint density at radius 3 is 1.66 bits per heavy atom. The molecule has 4 nitrogen and oxygen atoms in total. The number of hydrogen-bond donors (Lipinski definition) is 2. The summed E-state index contributed by atoms with van der Waals surface area (Å²) in [6.07, 6.45) is 0. The number of rotatable bonds is 7. The molecule has 0 aromatic heterocycles. The van der Waals surface area contributed by atoms with E-state index in [1.165, 1.54) is 0 Å². The first-order valence-electron chi connectivity index (χ1n) is 9.39. The van der Waals surface area contributed by atoms with Gasteiger partial charge in [0.05, 0.1) is 17.0 Å². The normalized spacial score (nSPS) is 13.8. The van der Waals surface area contributed by atoms with Crippen LogP contribution in [0.15, 0.2) is 77.7 Å². The molecule has 29 heavy (non-hydrogen) atoms. The van der Waals surface area contributed by atoms with Crippen molar-refractivity contribution in [2.75, 3.05) is 0 Å². The summed E-state index contributed by atoms with van der Waals surface area (Å²) in [5.41, 5.74) is 4.17. The largest absolute Gasteiger partial charge is 0.241 e. The van der Waals surface area contributed by atoms with Crippen molar-refractivity contribution in [3.8, 4) is 0 Å². The summed E-state index contributed by atoms with van der Waals surface area (Å²) in [6, 6.07) is 21.7. The van der Waals surface area contributed by atoms with Crippen LogP contribution in [0.1, 0.15) is 39.9 Å². The monoisotopic (exact) mass is 428 g/mol. The van der Waals surface area contributed by atoms with Crippen molar-refractivity contribution in [3.63, 3.8) is 0 Å². The molecule has 0 unspecified atom stereocenters. The van der Waals surface area contributed by atoms with Crippen molar-refractivity contribution in [3.05, 3.63) is 101 Å². The van der Waals surface area contributed by atoms with Crippen molar-refractivity contribution >= 4 is 21.8 Å². The number of sulfonamides is 1. The minimum atomic E-state index is -3.80. The van der Waals surface area contributed by atoms with Crippen LogP contribution in [0.5, 0.6) is 0 Å². The molecule has 3 aromatic rings. The second kappa shape index (κ2) is 9.09. The van der Waals surface area contributed by atoms with Crippen LogP contribution in [0, 0.1) is 20.8 Å². The zero-order valence-corrected chi connectivity index (χ0v) is 18.3. The molecule has 3 aromatic carbocycles. The molecular formula is C23H25ClN2O2S. The van der Waals surface area contributed by atoms with Gasteiger partial charge in [0, 0.05) is 0 Å². The molecule has 0 saturated carbocycles. The molecule has 0 amide bonds. The minimum Gasteiger partial charge on any atom is -0.224 e. The van der Waals surface area contributed by atoms with Crippen LogP contribution in [0.25, 0.3) is 0 Å². The van der Waals surface area contributed by atoms with Crippen LogP contribution in [0.4, 0.5) is 0 Å². The molecular weight excluding hydrogens is 404 g/mol. The summed E-state index contributed by atoms with van der Waals surface area (Å²) in [4.78, 5) is 3.09. The highest BCUT2D eigenvalue weighted by Gasteiger charge is 2.31. The molecule has 3 rings (SSSR count). The number of hydrogen-bond acceptors (Lipinski definition) is 3. The maximum Gasteiger partial charge on any atom is 0.241 e. The molecule has 0 saturated heterocycles. The molecule has 0 aliphatic carbocycles. The zero-order valence-electron chi connectivity index (χ0n) is 16.7. The second-order valence-electron chi connectivity index (χ2n) is 7.23. The van der Waals surface area contributed by atoms with Gasteiger partial charge in [-0.3, -0.25) is 0 Å². The maximum absolute atomic E-state index is 13.4. The fraction of sp³-hybridized carbons (Fsp3) is 0.217. The lowest BCUT2D eigenvalue weighted by Gasteiger charge is -2.28. The topological polar surface area (TPSA) is 58.2 Å². The smallest absolute Gasteiger partial charge is 0.224 e. The average molecular weight is 429 g/mol. The van der Waals surface area contributed by atoms with Gasteiger partial charge < -0.3 is 0 Å². The Hall–Kier alpha value is -2.18. The van der Waals surface area contributed by atoms with Crippen molar-refractivity contribution in [2.24, 2.45) is 0 Å². The van der Waals surface area contributed by atoms with Gasteiger partial charge in [0.25, 0.3) is 0 Å². The number of halogens is 1. The first kappa shape index (κ1) is 21.5. The van der Waals surface area contributed by atoms with Crippen molar-refractivity contribution in [1.29, 1.82) is 0 Å². The number of benzene rings is 3. The van der Waals surface area contributed by atoms with E-state index in [2.05, 4.69) is 9.56 Å². The van der Waals surface area contributed by atoms with Gasteiger partial charge in [0.2, 0.25) is 10.0 Å². The van der Waals surface area contributed by atoms with E-state index in [4.69, 9.17) is 11.8 Å². The van der Waals surface area contributed by atoms with Gasteiger partial charge in [0.15, 0.2) is 0 Å². The third-order valence-corrected chi connectivity index (χ3v) is 6.90. The van der Waals surface area contributed by atoms with Crippen molar-refractivity contribution in [2.45, 2.75) is 37.8 Å². The second-order valence-corrected chi connectivity index (χ2v) is 9.10. The van der Waals surface area contributed by atoms with Gasteiger partial charge in [-0.2, -0.15) is 0 Å². The van der Waals surface area contributed by atoms with Gasteiger partial charge >= 0.3 is 0 Å². The van der Waals surface area contributed by atoms with E-state index >= 15 is 0 Å². The lowest BCUT2D eigenvalue weighted by Crippen LogP contribution is -2.36. The molecule has 6 heteroatoms. The number of nitrogens with one attached hydrogen (secondary N) is 2. The molecule has 0 aliphatic rings. The highest BCUT2D eigenvalue weighted by molar-refractivity contribution is 7.89. The third kappa shape index (κ3) is 4.87. The van der Waals surface area contributed by atoms with Gasteiger partial charge in [-0.05, 0) is 54.8 Å². The highest BCUT2D eigenvalue weighted by Crippen LogP contribution is 2.32. The quantitative estimate of drug-likeness (QED) is 0.513. The predicted molar refractivity (Wildman–Crippen MR) is 118 cm³/mol. The first-order chi connectivity index (χ1) is 13.8. The van der Waals surface area contributed by atoms with Crippen LogP contribution in [-0.2, 0) is 10.0 Å². The molecule has 0 fully saturated rings. The van der Waals surface area contributed by atoms with Crippen molar-refractivity contribution in [1.82, 2.24) is 9.56 Å². The molecule has 0 aliphatic heterocycles. The van der Waals surface area contributed by atoms with E-state index in [1.54, 1.807) is 0 Å². The van der Waals surface area contributed by atoms with Crippen LogP contribution >= 0.6 is 11.8 Å². The Balaban J connectivity index is 2.08. The SMILES string of the molecule is Cc1cc(C)c(S(=O)(=O)N[C@H](c2ccccc2)[C@H](NCl)c2ccccc2)c(C)c1. The van der Waals surface area contributed by atoms with E-state index in [9.17, 15) is 8.42 Å². The van der Waals surface area contributed by atoms with E-state index in [0.717, 1.165) is 27.8 Å². The maximum atomic E-state index is 13.4. The summed E-state index contributed by atoms with van der Waals surface area (Å²) < 4.78 is 29.8. The lowest BCUT2D eigenvalue weighted by atomic mass is 9.95. The standard InChI is InChI=1S/C23H25ClN2O2S/c1-16-14-17(2)23(18(3)15-16)29(27,28)26-22(20-12-8-5-9-13-20)21(25-24)19-10-6-4-7-11-19/h4-15,21-22,25-26H,1-3H3/t21-,22-/m1/s1. The van der Waals surface area contributed by atoms with Crippen LogP contribution < -0.4 is 9.56 Å². The lowest BCUT2D eigenvalue weighted by molar-refractivity contribution is 0.482. The fourth-order valence-electron chi connectivity index (χ4n) is 3.78. The Labute approximate surface area is 178 Å². The summed E-state index contributed by atoms with van der Waals surface area (Å²) in [7, 11) is -3.80. The average Bonchev–Trinajstić information content (AvgIpc) is 2.68. The van der Waals surface area contributed by atoms with Crippen LogP contribution in [-0.4, -0.2) is 8.42 Å². The molecule has 2 atom stereocenters. The molecule has 0 bridgehead atoms. The predicted octanol–water partition coefficient (Wildman–Crippen LogP) is 5.12. The molecule has 152 valence electrons. The molecule has 2 N–H and O–H groups in total. The third-order valence-electron chi connectivity index (χ3n) is 4.92. The Morgan fingerprint density at radius 1 is 0.759 bits per heavy atom. The van der Waals surface area contributed by atoms with Gasteiger partial charge in [-0.1, -0.05) is 78.4 Å². The Bertz CT molecular complexity index is 1050. The summed E-state index contributed by atoms with van der Waals surface area (Å²) in [5, 5.41) is 0. The number of aryl methyl sites for hydroxylation is 3. The van der Waals surface area contributed by atoms with Gasteiger partial charge in [-0.25, -0.2) is 18.0 Å². The van der Waals surface area contributed by atoms with E-state index < -0.39 is 22.1 Å². The fourth-order valence-corrected chi connectivity index (χ4v) is 5.73. The first-order valence-corrected chi connectivity index (χ1v) is 11.3. The molecule has 0 radical (unpaired) electrons. The van der Waals surface area contributed by atoms with Crippen LogP contribution in [0.2, 0.25) is 0 Å². The van der Waals surface area contributed by atoms with Crippen molar-refractivity contribution < 1.29 is 8.42 Å². The van der Waals surface area contributed by atoms with Gasteiger partial charge in [0.1, 0.15) is 0 Å². The van der Waals surface area contributed by atoms with E-state index in [0.29, 0.717) is 4.90 Å².